The first kappa shape index (κ1) is 18.5. The molecule has 21 heavy (non-hydrogen) atoms. The van der Waals surface area contributed by atoms with Crippen molar-refractivity contribution in [1.82, 2.24) is 0 Å². The SMILES string of the molecule is C=CCC1CCC=C(C(C)(C)CO[Si](C)(C)C(C)(C)C)O1. The van der Waals surface area contributed by atoms with E-state index in [9.17, 15) is 0 Å². The molecule has 1 atom stereocenters. The molecule has 0 aromatic carbocycles. The Morgan fingerprint density at radius 3 is 2.48 bits per heavy atom. The zero-order chi connectivity index (χ0) is 16.3. The Hall–Kier alpha value is -0.543. The quantitative estimate of drug-likeness (QED) is 0.464. The van der Waals surface area contributed by atoms with Crippen LogP contribution in [0.4, 0.5) is 0 Å². The van der Waals surface area contributed by atoms with Gasteiger partial charge in [0, 0.05) is 18.4 Å². The predicted octanol–water partition coefficient (Wildman–Crippen LogP) is 5.67. The monoisotopic (exact) mass is 310 g/mol. The molecule has 1 aliphatic heterocycles. The Labute approximate surface area is 132 Å². The van der Waals surface area contributed by atoms with Gasteiger partial charge in [0.1, 0.15) is 11.9 Å². The maximum atomic E-state index is 6.41. The molecule has 0 bridgehead atoms. The molecule has 0 fully saturated rings. The fourth-order valence-electron chi connectivity index (χ4n) is 2.12. The lowest BCUT2D eigenvalue weighted by Gasteiger charge is -2.40. The molecule has 0 amide bonds. The number of allylic oxidation sites excluding steroid dienone is 1. The van der Waals surface area contributed by atoms with Crippen LogP contribution in [0, 0.1) is 5.41 Å². The van der Waals surface area contributed by atoms with E-state index in [0.29, 0.717) is 0 Å². The van der Waals surface area contributed by atoms with E-state index in [2.05, 4.69) is 60.4 Å². The van der Waals surface area contributed by atoms with E-state index < -0.39 is 8.32 Å². The van der Waals surface area contributed by atoms with Crippen molar-refractivity contribution in [3.8, 4) is 0 Å². The summed E-state index contributed by atoms with van der Waals surface area (Å²) in [6, 6.07) is 0. The number of hydrogen-bond donors (Lipinski definition) is 0. The van der Waals surface area contributed by atoms with Crippen molar-refractivity contribution in [3.63, 3.8) is 0 Å². The molecular weight excluding hydrogens is 276 g/mol. The van der Waals surface area contributed by atoms with Crippen LogP contribution in [-0.4, -0.2) is 21.0 Å². The molecule has 1 unspecified atom stereocenters. The topological polar surface area (TPSA) is 18.5 Å². The Morgan fingerprint density at radius 1 is 1.33 bits per heavy atom. The van der Waals surface area contributed by atoms with Gasteiger partial charge in [0.25, 0.3) is 0 Å². The molecule has 1 heterocycles. The van der Waals surface area contributed by atoms with E-state index in [0.717, 1.165) is 31.6 Å². The summed E-state index contributed by atoms with van der Waals surface area (Å²) in [6.45, 7) is 20.5. The lowest BCUT2D eigenvalue weighted by molar-refractivity contribution is 0.0359. The Morgan fingerprint density at radius 2 is 1.95 bits per heavy atom. The fourth-order valence-corrected chi connectivity index (χ4v) is 3.28. The highest BCUT2D eigenvalue weighted by molar-refractivity contribution is 6.74. The summed E-state index contributed by atoms with van der Waals surface area (Å²) in [5, 5.41) is 0.246. The third-order valence-corrected chi connectivity index (χ3v) is 9.29. The Kier molecular flexibility index (Phi) is 5.90. The molecule has 0 aliphatic carbocycles. The molecule has 1 rings (SSSR count). The summed E-state index contributed by atoms with van der Waals surface area (Å²) in [4.78, 5) is 0. The molecule has 0 radical (unpaired) electrons. The fraction of sp³-hybridized carbons (Fsp3) is 0.778. The molecule has 0 saturated heterocycles. The highest BCUT2D eigenvalue weighted by Crippen LogP contribution is 2.40. The van der Waals surface area contributed by atoms with Crippen LogP contribution in [0.1, 0.15) is 53.9 Å². The van der Waals surface area contributed by atoms with Crippen molar-refractivity contribution in [2.75, 3.05) is 6.61 Å². The summed E-state index contributed by atoms with van der Waals surface area (Å²) < 4.78 is 12.6. The van der Waals surface area contributed by atoms with Gasteiger partial charge in [0.15, 0.2) is 8.32 Å². The second kappa shape index (κ2) is 6.70. The zero-order valence-electron chi connectivity index (χ0n) is 15.1. The van der Waals surface area contributed by atoms with Gasteiger partial charge in [0.2, 0.25) is 0 Å². The van der Waals surface area contributed by atoms with Crippen LogP contribution < -0.4 is 0 Å². The van der Waals surface area contributed by atoms with E-state index >= 15 is 0 Å². The average molecular weight is 311 g/mol. The van der Waals surface area contributed by atoms with E-state index in [4.69, 9.17) is 9.16 Å². The van der Waals surface area contributed by atoms with Crippen molar-refractivity contribution < 1.29 is 9.16 Å². The maximum absolute atomic E-state index is 6.41. The highest BCUT2D eigenvalue weighted by Gasteiger charge is 2.39. The molecule has 0 spiro atoms. The van der Waals surface area contributed by atoms with Gasteiger partial charge in [-0.25, -0.2) is 0 Å². The third kappa shape index (κ3) is 4.99. The lowest BCUT2D eigenvalue weighted by Crippen LogP contribution is -2.43. The normalized spacial score (nSPS) is 20.7. The second-order valence-corrected chi connectivity index (χ2v) is 13.2. The molecule has 0 aromatic rings. The van der Waals surface area contributed by atoms with Crippen LogP contribution in [0.5, 0.6) is 0 Å². The van der Waals surface area contributed by atoms with Crippen LogP contribution in [0.2, 0.25) is 18.1 Å². The summed E-state index contributed by atoms with van der Waals surface area (Å²) in [7, 11) is -1.71. The van der Waals surface area contributed by atoms with Crippen LogP contribution in [0.3, 0.4) is 0 Å². The minimum Gasteiger partial charge on any atom is -0.494 e. The maximum Gasteiger partial charge on any atom is 0.192 e. The van der Waals surface area contributed by atoms with Gasteiger partial charge in [-0.1, -0.05) is 40.7 Å². The third-order valence-electron chi connectivity index (χ3n) is 4.81. The molecule has 1 aliphatic rings. The molecule has 2 nitrogen and oxygen atoms in total. The van der Waals surface area contributed by atoms with Crippen molar-refractivity contribution in [2.45, 2.75) is 78.1 Å². The van der Waals surface area contributed by atoms with Crippen LogP contribution in [0.15, 0.2) is 24.5 Å². The molecule has 0 aromatic heterocycles. The molecule has 122 valence electrons. The lowest BCUT2D eigenvalue weighted by atomic mass is 9.89. The van der Waals surface area contributed by atoms with Crippen LogP contribution >= 0.6 is 0 Å². The predicted molar refractivity (Wildman–Crippen MR) is 93.9 cm³/mol. The van der Waals surface area contributed by atoms with Gasteiger partial charge in [0.05, 0.1) is 0 Å². The Balaban J connectivity index is 2.69. The first-order chi connectivity index (χ1) is 9.49. The van der Waals surface area contributed by atoms with Gasteiger partial charge in [-0.05, 0) is 37.0 Å². The minimum atomic E-state index is -1.71. The van der Waals surface area contributed by atoms with E-state index in [1.165, 1.54) is 0 Å². The summed E-state index contributed by atoms with van der Waals surface area (Å²) >= 11 is 0. The molecular formula is C18H34O2Si. The van der Waals surface area contributed by atoms with Crippen molar-refractivity contribution in [1.29, 1.82) is 0 Å². The Bertz CT molecular complexity index is 389. The summed E-state index contributed by atoms with van der Waals surface area (Å²) in [5.41, 5.74) is -0.0602. The van der Waals surface area contributed by atoms with Gasteiger partial charge in [-0.3, -0.25) is 0 Å². The van der Waals surface area contributed by atoms with Crippen molar-refractivity contribution in [2.24, 2.45) is 5.41 Å². The number of hydrogen-bond acceptors (Lipinski definition) is 2. The van der Waals surface area contributed by atoms with E-state index in [1.807, 2.05) is 6.08 Å². The van der Waals surface area contributed by atoms with E-state index in [-0.39, 0.29) is 16.6 Å². The van der Waals surface area contributed by atoms with Crippen LogP contribution in [0.25, 0.3) is 0 Å². The molecule has 3 heteroatoms. The van der Waals surface area contributed by atoms with Gasteiger partial charge >= 0.3 is 0 Å². The van der Waals surface area contributed by atoms with Crippen molar-refractivity contribution in [3.05, 3.63) is 24.5 Å². The van der Waals surface area contributed by atoms with Crippen LogP contribution in [-0.2, 0) is 9.16 Å². The summed E-state index contributed by atoms with van der Waals surface area (Å²) in [5.74, 6) is 1.10. The van der Waals surface area contributed by atoms with E-state index in [1.54, 1.807) is 0 Å². The molecule has 0 saturated carbocycles. The first-order valence-corrected chi connectivity index (χ1v) is 11.0. The molecule has 0 N–H and O–H groups in total. The van der Waals surface area contributed by atoms with Gasteiger partial charge < -0.3 is 9.16 Å². The number of ether oxygens (including phenoxy) is 1. The first-order valence-electron chi connectivity index (χ1n) is 8.12. The standard InChI is InChI=1S/C18H34O2Si/c1-9-11-15-12-10-13-16(20-15)18(5,6)14-19-21(7,8)17(2,3)4/h9,13,15H,1,10-12,14H2,2-8H3. The van der Waals surface area contributed by atoms with Gasteiger partial charge in [-0.15, -0.1) is 6.58 Å². The highest BCUT2D eigenvalue weighted by atomic mass is 28.4. The minimum absolute atomic E-state index is 0.0602. The number of rotatable bonds is 6. The average Bonchev–Trinajstić information content (AvgIpc) is 2.36. The zero-order valence-corrected chi connectivity index (χ0v) is 16.1. The summed E-state index contributed by atoms with van der Waals surface area (Å²) in [6.07, 6.45) is 7.60. The second-order valence-electron chi connectivity index (χ2n) is 8.34. The largest absolute Gasteiger partial charge is 0.494 e. The van der Waals surface area contributed by atoms with Crippen molar-refractivity contribution >= 4 is 8.32 Å². The van der Waals surface area contributed by atoms with Gasteiger partial charge in [-0.2, -0.15) is 0 Å². The smallest absolute Gasteiger partial charge is 0.192 e.